The third-order valence-corrected chi connectivity index (χ3v) is 4.84. The van der Waals surface area contributed by atoms with Gasteiger partial charge in [0.1, 0.15) is 0 Å². The molecule has 23 heavy (non-hydrogen) atoms. The van der Waals surface area contributed by atoms with Crippen LogP contribution in [0, 0.1) is 23.2 Å². The Morgan fingerprint density at radius 1 is 1.39 bits per heavy atom. The zero-order valence-electron chi connectivity index (χ0n) is 13.1. The first-order valence-corrected chi connectivity index (χ1v) is 7.77. The molecule has 0 spiro atoms. The van der Waals surface area contributed by atoms with Crippen molar-refractivity contribution in [3.63, 3.8) is 0 Å². The molecule has 0 saturated heterocycles. The van der Waals surface area contributed by atoms with E-state index >= 15 is 0 Å². The second-order valence-corrected chi connectivity index (χ2v) is 6.39. The molecule has 1 aliphatic heterocycles. The Kier molecular flexibility index (Phi) is 3.72. The van der Waals surface area contributed by atoms with Crippen LogP contribution in [-0.4, -0.2) is 23.1 Å². The van der Waals surface area contributed by atoms with Gasteiger partial charge in [-0.15, -0.1) is 0 Å². The van der Waals surface area contributed by atoms with Gasteiger partial charge in [-0.3, -0.25) is 4.79 Å². The number of nitrogens with zero attached hydrogens (tertiary/aromatic N) is 2. The summed E-state index contributed by atoms with van der Waals surface area (Å²) in [6.45, 7) is 3.51. The number of rotatable bonds is 2. The minimum absolute atomic E-state index is 0.00946. The largest absolute Gasteiger partial charge is 0.465 e. The van der Waals surface area contributed by atoms with Crippen LogP contribution >= 0.6 is 0 Å². The van der Waals surface area contributed by atoms with E-state index in [2.05, 4.69) is 11.4 Å². The maximum absolute atomic E-state index is 12.3. The van der Waals surface area contributed by atoms with Crippen LogP contribution in [-0.2, 0) is 4.79 Å². The first-order chi connectivity index (χ1) is 10.9. The maximum Gasteiger partial charge on any atom is 0.405 e. The van der Waals surface area contributed by atoms with E-state index in [4.69, 9.17) is 5.26 Å². The fourth-order valence-electron chi connectivity index (χ4n) is 3.77. The SMILES string of the molecule is CC(=O)N1c2ccc(C#N)cc2[C@H](NC(=O)O)[C@@H](C)[C@H]1C1CC1. The Bertz CT molecular complexity index is 706. The first-order valence-electron chi connectivity index (χ1n) is 7.77. The molecule has 6 heteroatoms. The molecule has 0 aromatic heterocycles. The van der Waals surface area contributed by atoms with Crippen LogP contribution < -0.4 is 10.2 Å². The number of nitrogens with one attached hydrogen (secondary N) is 1. The number of carboxylic acid groups (broad SMARTS) is 1. The zero-order chi connectivity index (χ0) is 16.7. The normalized spacial score (nSPS) is 26.1. The zero-order valence-corrected chi connectivity index (χ0v) is 13.1. The van der Waals surface area contributed by atoms with Crippen LogP contribution in [0.1, 0.15) is 43.9 Å². The van der Waals surface area contributed by atoms with Crippen molar-refractivity contribution in [2.75, 3.05) is 4.90 Å². The van der Waals surface area contributed by atoms with E-state index in [1.807, 2.05) is 6.92 Å². The predicted molar refractivity (Wildman–Crippen MR) is 83.9 cm³/mol. The topological polar surface area (TPSA) is 93.4 Å². The van der Waals surface area contributed by atoms with Gasteiger partial charge in [-0.25, -0.2) is 4.79 Å². The number of anilines is 1. The highest BCUT2D eigenvalue weighted by Gasteiger charge is 2.47. The van der Waals surface area contributed by atoms with Crippen molar-refractivity contribution >= 4 is 17.7 Å². The number of fused-ring (bicyclic) bond motifs is 1. The summed E-state index contributed by atoms with van der Waals surface area (Å²) in [6, 6.07) is 6.76. The summed E-state index contributed by atoms with van der Waals surface area (Å²) in [7, 11) is 0. The molecule has 1 aromatic rings. The van der Waals surface area contributed by atoms with Crippen molar-refractivity contribution in [1.29, 1.82) is 5.26 Å². The molecule has 1 aromatic carbocycles. The summed E-state index contributed by atoms with van der Waals surface area (Å²) in [4.78, 5) is 25.3. The molecule has 3 atom stereocenters. The van der Waals surface area contributed by atoms with Crippen LogP contribution in [0.4, 0.5) is 10.5 Å². The lowest BCUT2D eigenvalue weighted by atomic mass is 9.79. The van der Waals surface area contributed by atoms with Crippen LogP contribution in [0.25, 0.3) is 0 Å². The van der Waals surface area contributed by atoms with Crippen LogP contribution in [0.2, 0.25) is 0 Å². The van der Waals surface area contributed by atoms with E-state index in [0.29, 0.717) is 22.7 Å². The average molecular weight is 313 g/mol. The molecule has 0 bridgehead atoms. The Balaban J connectivity index is 2.15. The molecule has 1 aliphatic carbocycles. The fourth-order valence-corrected chi connectivity index (χ4v) is 3.77. The van der Waals surface area contributed by atoms with Gasteiger partial charge in [-0.2, -0.15) is 5.26 Å². The van der Waals surface area contributed by atoms with Crippen LogP contribution in [0.5, 0.6) is 0 Å². The van der Waals surface area contributed by atoms with Gasteiger partial charge in [0.25, 0.3) is 0 Å². The third-order valence-electron chi connectivity index (χ3n) is 4.84. The van der Waals surface area contributed by atoms with E-state index in [1.54, 1.807) is 23.1 Å². The van der Waals surface area contributed by atoms with Crippen molar-refractivity contribution in [2.24, 2.45) is 11.8 Å². The van der Waals surface area contributed by atoms with Crippen molar-refractivity contribution in [3.05, 3.63) is 29.3 Å². The third kappa shape index (κ3) is 2.63. The van der Waals surface area contributed by atoms with E-state index in [9.17, 15) is 14.7 Å². The average Bonchev–Trinajstić information content (AvgIpc) is 3.32. The van der Waals surface area contributed by atoms with Crippen LogP contribution in [0.15, 0.2) is 18.2 Å². The highest BCUT2D eigenvalue weighted by Crippen LogP contribution is 2.49. The second kappa shape index (κ2) is 5.58. The number of benzene rings is 1. The minimum atomic E-state index is -1.10. The number of hydrogen-bond acceptors (Lipinski definition) is 3. The number of carbonyl (C=O) groups excluding carboxylic acids is 1. The molecule has 0 unspecified atom stereocenters. The standard InChI is InChI=1S/C17H19N3O3/c1-9-15(19-17(22)23)13-7-11(8-18)3-6-14(13)20(10(2)21)16(9)12-4-5-12/h3,6-7,9,12,15-16,19H,4-5H2,1-2H3,(H,22,23)/t9-,15-,16+/m1/s1. The minimum Gasteiger partial charge on any atom is -0.465 e. The lowest BCUT2D eigenvalue weighted by Gasteiger charge is -2.45. The Morgan fingerprint density at radius 2 is 2.09 bits per heavy atom. The smallest absolute Gasteiger partial charge is 0.405 e. The Hall–Kier alpha value is -2.55. The van der Waals surface area contributed by atoms with Crippen molar-refractivity contribution in [1.82, 2.24) is 5.32 Å². The van der Waals surface area contributed by atoms with E-state index < -0.39 is 12.1 Å². The van der Waals surface area contributed by atoms with Gasteiger partial charge in [-0.1, -0.05) is 6.92 Å². The summed E-state index contributed by atoms with van der Waals surface area (Å²) in [5.74, 6) is 0.313. The van der Waals surface area contributed by atoms with Gasteiger partial charge in [0.05, 0.1) is 17.7 Å². The van der Waals surface area contributed by atoms with Crippen LogP contribution in [0.3, 0.4) is 0 Å². The maximum atomic E-state index is 12.3. The first kappa shape index (κ1) is 15.3. The molecular formula is C17H19N3O3. The van der Waals surface area contributed by atoms with Gasteiger partial charge in [0.2, 0.25) is 5.91 Å². The molecule has 2 N–H and O–H groups in total. The molecule has 6 nitrogen and oxygen atoms in total. The second-order valence-electron chi connectivity index (χ2n) is 6.39. The highest BCUT2D eigenvalue weighted by atomic mass is 16.4. The fraction of sp³-hybridized carbons (Fsp3) is 0.471. The summed E-state index contributed by atoms with van der Waals surface area (Å²) in [5, 5.41) is 20.9. The number of hydrogen-bond donors (Lipinski definition) is 2. The summed E-state index contributed by atoms with van der Waals surface area (Å²) >= 11 is 0. The summed E-state index contributed by atoms with van der Waals surface area (Å²) < 4.78 is 0. The monoisotopic (exact) mass is 313 g/mol. The number of amides is 2. The molecule has 2 amide bonds. The van der Waals surface area contributed by atoms with Gasteiger partial charge in [-0.05, 0) is 42.5 Å². The van der Waals surface area contributed by atoms with Crippen molar-refractivity contribution in [3.8, 4) is 6.07 Å². The van der Waals surface area contributed by atoms with E-state index in [-0.39, 0.29) is 17.9 Å². The molecule has 2 aliphatic rings. The summed E-state index contributed by atoms with van der Waals surface area (Å²) in [5.41, 5.74) is 1.87. The number of nitriles is 1. The lowest BCUT2D eigenvalue weighted by molar-refractivity contribution is -0.117. The quantitative estimate of drug-likeness (QED) is 0.877. The molecule has 0 radical (unpaired) electrons. The van der Waals surface area contributed by atoms with Gasteiger partial charge >= 0.3 is 6.09 Å². The summed E-state index contributed by atoms with van der Waals surface area (Å²) in [6.07, 6.45) is 1.02. The van der Waals surface area contributed by atoms with Crippen molar-refractivity contribution in [2.45, 2.75) is 38.8 Å². The molecule has 1 fully saturated rings. The Labute approximate surface area is 134 Å². The molecule has 120 valence electrons. The van der Waals surface area contributed by atoms with E-state index in [0.717, 1.165) is 12.8 Å². The number of carbonyl (C=O) groups is 2. The molecule has 1 heterocycles. The molecular weight excluding hydrogens is 294 g/mol. The van der Waals surface area contributed by atoms with E-state index in [1.165, 1.54) is 6.92 Å². The van der Waals surface area contributed by atoms with Gasteiger partial charge in [0.15, 0.2) is 0 Å². The lowest BCUT2D eigenvalue weighted by Crippen LogP contribution is -2.53. The predicted octanol–water partition coefficient (Wildman–Crippen LogP) is 2.65. The van der Waals surface area contributed by atoms with Gasteiger partial charge < -0.3 is 15.3 Å². The highest BCUT2D eigenvalue weighted by molar-refractivity contribution is 5.94. The molecule has 1 saturated carbocycles. The van der Waals surface area contributed by atoms with Crippen molar-refractivity contribution < 1.29 is 14.7 Å². The Morgan fingerprint density at radius 3 is 2.61 bits per heavy atom. The van der Waals surface area contributed by atoms with Gasteiger partial charge in [0, 0.05) is 24.6 Å². The molecule has 3 rings (SSSR count).